The maximum absolute atomic E-state index is 12.4. The number of carbonyl (C=O) groups is 1. The molecule has 0 saturated heterocycles. The lowest BCUT2D eigenvalue weighted by Gasteiger charge is -2.30. The van der Waals surface area contributed by atoms with Gasteiger partial charge in [-0.05, 0) is 36.6 Å². The highest BCUT2D eigenvalue weighted by Gasteiger charge is 2.22. The molecule has 2 aromatic rings. The van der Waals surface area contributed by atoms with E-state index >= 15 is 0 Å². The second kappa shape index (κ2) is 6.08. The van der Waals surface area contributed by atoms with E-state index in [0.717, 1.165) is 22.2 Å². The highest BCUT2D eigenvalue weighted by molar-refractivity contribution is 7.16. The molecule has 3 nitrogen and oxygen atoms in total. The van der Waals surface area contributed by atoms with Gasteiger partial charge in [-0.25, -0.2) is 4.79 Å². The van der Waals surface area contributed by atoms with Crippen LogP contribution in [0.5, 0.6) is 0 Å². The quantitative estimate of drug-likeness (QED) is 0.882. The highest BCUT2D eigenvalue weighted by atomic mass is 35.5. The van der Waals surface area contributed by atoms with E-state index in [4.69, 9.17) is 11.6 Å². The Labute approximate surface area is 133 Å². The van der Waals surface area contributed by atoms with Crippen LogP contribution in [0.25, 0.3) is 0 Å². The molecule has 21 heavy (non-hydrogen) atoms. The topological polar surface area (TPSA) is 32.3 Å². The van der Waals surface area contributed by atoms with Crippen molar-refractivity contribution in [1.29, 1.82) is 0 Å². The van der Waals surface area contributed by atoms with Crippen LogP contribution in [-0.4, -0.2) is 17.5 Å². The highest BCUT2D eigenvalue weighted by Crippen LogP contribution is 2.27. The van der Waals surface area contributed by atoms with Gasteiger partial charge in [-0.1, -0.05) is 35.9 Å². The van der Waals surface area contributed by atoms with E-state index in [9.17, 15) is 4.79 Å². The fourth-order valence-corrected chi connectivity index (χ4v) is 3.64. The van der Waals surface area contributed by atoms with Gasteiger partial charge in [-0.15, -0.1) is 11.3 Å². The van der Waals surface area contributed by atoms with E-state index in [-0.39, 0.29) is 12.1 Å². The number of hydrogen-bond donors (Lipinski definition) is 1. The van der Waals surface area contributed by atoms with Crippen molar-refractivity contribution in [3.63, 3.8) is 0 Å². The Morgan fingerprint density at radius 1 is 1.29 bits per heavy atom. The predicted octanol–water partition coefficient (Wildman–Crippen LogP) is 4.23. The van der Waals surface area contributed by atoms with Crippen LogP contribution in [-0.2, 0) is 13.0 Å². The summed E-state index contributed by atoms with van der Waals surface area (Å²) in [5.41, 5.74) is 2.59. The molecule has 110 valence electrons. The zero-order valence-electron chi connectivity index (χ0n) is 11.8. The van der Waals surface area contributed by atoms with E-state index in [2.05, 4.69) is 23.5 Å². The summed E-state index contributed by atoms with van der Waals surface area (Å²) < 4.78 is 0.748. The summed E-state index contributed by atoms with van der Waals surface area (Å²) in [6, 6.07) is 12.1. The van der Waals surface area contributed by atoms with E-state index in [0.29, 0.717) is 6.54 Å². The molecular weight excluding hydrogens is 304 g/mol. The molecular formula is C16H17ClN2OS. The third kappa shape index (κ3) is 3.22. The lowest BCUT2D eigenvalue weighted by molar-refractivity contribution is 0.189. The van der Waals surface area contributed by atoms with E-state index in [1.54, 1.807) is 0 Å². The van der Waals surface area contributed by atoms with E-state index < -0.39 is 0 Å². The van der Waals surface area contributed by atoms with Crippen molar-refractivity contribution in [2.24, 2.45) is 0 Å². The van der Waals surface area contributed by atoms with Crippen LogP contribution in [0.1, 0.15) is 29.0 Å². The second-order valence-corrected chi connectivity index (χ2v) is 7.00. The van der Waals surface area contributed by atoms with Crippen LogP contribution in [0, 0.1) is 0 Å². The van der Waals surface area contributed by atoms with Crippen molar-refractivity contribution >= 4 is 29.0 Å². The molecule has 1 atom stereocenters. The van der Waals surface area contributed by atoms with Crippen molar-refractivity contribution in [2.45, 2.75) is 25.9 Å². The molecule has 0 bridgehead atoms. The van der Waals surface area contributed by atoms with Gasteiger partial charge < -0.3 is 10.2 Å². The number of amides is 2. The van der Waals surface area contributed by atoms with E-state index in [1.165, 1.54) is 22.5 Å². The molecule has 1 unspecified atom stereocenters. The number of nitrogens with one attached hydrogen (secondary N) is 1. The Balaban J connectivity index is 1.64. The van der Waals surface area contributed by atoms with Crippen molar-refractivity contribution in [2.75, 3.05) is 6.54 Å². The number of thiophene rings is 1. The van der Waals surface area contributed by atoms with Crippen LogP contribution in [0.15, 0.2) is 36.4 Å². The van der Waals surface area contributed by atoms with Gasteiger partial charge in [0.25, 0.3) is 0 Å². The smallest absolute Gasteiger partial charge is 0.318 e. The predicted molar refractivity (Wildman–Crippen MR) is 86.8 cm³/mol. The molecule has 1 N–H and O–H groups in total. The average molecular weight is 321 g/mol. The van der Waals surface area contributed by atoms with Crippen LogP contribution >= 0.6 is 22.9 Å². The van der Waals surface area contributed by atoms with Crippen molar-refractivity contribution in [3.05, 3.63) is 56.7 Å². The Morgan fingerprint density at radius 2 is 2.05 bits per heavy atom. The summed E-state index contributed by atoms with van der Waals surface area (Å²) in [5.74, 6) is 0. The average Bonchev–Trinajstić information content (AvgIpc) is 2.93. The molecule has 0 saturated carbocycles. The van der Waals surface area contributed by atoms with Crippen LogP contribution < -0.4 is 5.32 Å². The molecule has 2 amide bonds. The molecule has 1 aromatic carbocycles. The third-order valence-corrected chi connectivity index (χ3v) is 5.19. The van der Waals surface area contributed by atoms with Crippen molar-refractivity contribution < 1.29 is 4.79 Å². The molecule has 0 radical (unpaired) electrons. The summed E-state index contributed by atoms with van der Waals surface area (Å²) in [7, 11) is 0. The Hall–Kier alpha value is -1.52. The van der Waals surface area contributed by atoms with Gasteiger partial charge >= 0.3 is 6.03 Å². The maximum atomic E-state index is 12.4. The number of hydrogen-bond acceptors (Lipinski definition) is 2. The van der Waals surface area contributed by atoms with Crippen LogP contribution in [0.2, 0.25) is 4.34 Å². The molecule has 1 aliphatic heterocycles. The van der Waals surface area contributed by atoms with Crippen molar-refractivity contribution in [3.8, 4) is 0 Å². The fraction of sp³-hybridized carbons (Fsp3) is 0.312. The van der Waals surface area contributed by atoms with Gasteiger partial charge in [0.15, 0.2) is 0 Å². The van der Waals surface area contributed by atoms with Gasteiger partial charge in [0, 0.05) is 18.0 Å². The SMILES string of the molecule is CC(NC(=O)N1CCc2ccccc2C1)c1ccc(Cl)s1. The molecule has 0 spiro atoms. The fourth-order valence-electron chi connectivity index (χ4n) is 2.58. The second-order valence-electron chi connectivity index (χ2n) is 5.25. The first-order valence-electron chi connectivity index (χ1n) is 7.01. The van der Waals surface area contributed by atoms with Crippen LogP contribution in [0.3, 0.4) is 0 Å². The Bertz CT molecular complexity index is 655. The number of nitrogens with zero attached hydrogens (tertiary/aromatic N) is 1. The molecule has 1 aliphatic rings. The van der Waals surface area contributed by atoms with Crippen LogP contribution in [0.4, 0.5) is 4.79 Å². The molecule has 2 heterocycles. The monoisotopic (exact) mass is 320 g/mol. The third-order valence-electron chi connectivity index (χ3n) is 3.78. The van der Waals surface area contributed by atoms with Gasteiger partial charge in [-0.2, -0.15) is 0 Å². The molecule has 0 aliphatic carbocycles. The summed E-state index contributed by atoms with van der Waals surface area (Å²) >= 11 is 7.45. The summed E-state index contributed by atoms with van der Waals surface area (Å²) in [4.78, 5) is 15.3. The number of urea groups is 1. The Kier molecular flexibility index (Phi) is 4.17. The number of benzene rings is 1. The van der Waals surface area contributed by atoms with Crippen molar-refractivity contribution in [1.82, 2.24) is 10.2 Å². The van der Waals surface area contributed by atoms with Gasteiger partial charge in [-0.3, -0.25) is 0 Å². The molecule has 3 rings (SSSR count). The minimum Gasteiger partial charge on any atom is -0.331 e. The molecule has 1 aromatic heterocycles. The largest absolute Gasteiger partial charge is 0.331 e. The minimum atomic E-state index is -0.0211. The first kappa shape index (κ1) is 14.4. The molecule has 0 fully saturated rings. The zero-order valence-corrected chi connectivity index (χ0v) is 13.4. The summed E-state index contributed by atoms with van der Waals surface area (Å²) in [5, 5.41) is 3.05. The van der Waals surface area contributed by atoms with Gasteiger partial charge in [0.05, 0.1) is 10.4 Å². The van der Waals surface area contributed by atoms with Gasteiger partial charge in [0.1, 0.15) is 0 Å². The minimum absolute atomic E-state index is 0.0125. The summed E-state index contributed by atoms with van der Waals surface area (Å²) in [6.45, 7) is 3.43. The normalized spacial score (nSPS) is 15.4. The lowest BCUT2D eigenvalue weighted by Crippen LogP contribution is -2.43. The Morgan fingerprint density at radius 3 is 2.76 bits per heavy atom. The zero-order chi connectivity index (χ0) is 14.8. The number of fused-ring (bicyclic) bond motifs is 1. The number of halogens is 1. The first-order chi connectivity index (χ1) is 10.1. The first-order valence-corrected chi connectivity index (χ1v) is 8.20. The number of carbonyl (C=O) groups excluding carboxylic acids is 1. The standard InChI is InChI=1S/C16H17ClN2OS/c1-11(14-6-7-15(17)21-14)18-16(20)19-9-8-12-4-2-3-5-13(12)10-19/h2-7,11H,8-10H2,1H3,(H,18,20). The molecule has 5 heteroatoms. The van der Waals surface area contributed by atoms with Gasteiger partial charge in [0.2, 0.25) is 0 Å². The maximum Gasteiger partial charge on any atom is 0.318 e. The summed E-state index contributed by atoms with van der Waals surface area (Å²) in [6.07, 6.45) is 0.919. The van der Waals surface area contributed by atoms with E-state index in [1.807, 2.05) is 30.0 Å². The number of rotatable bonds is 2. The lowest BCUT2D eigenvalue weighted by atomic mass is 10.0.